The quantitative estimate of drug-likeness (QED) is 0.771. The van der Waals surface area contributed by atoms with Gasteiger partial charge in [0.05, 0.1) is 19.6 Å². The number of nitrogens with zero attached hydrogens (tertiary/aromatic N) is 4. The largest absolute Gasteiger partial charge is 0.366 e. The average molecular weight is 364 g/mol. The van der Waals surface area contributed by atoms with Crippen LogP contribution in [0.3, 0.4) is 0 Å². The van der Waals surface area contributed by atoms with Crippen molar-refractivity contribution >= 4 is 38.9 Å². The number of aromatic amines is 1. The van der Waals surface area contributed by atoms with E-state index in [0.717, 1.165) is 15.6 Å². The molecule has 0 bridgehead atoms. The van der Waals surface area contributed by atoms with E-state index >= 15 is 0 Å². The molecule has 1 atom stereocenters. The molecule has 0 saturated carbocycles. The maximum atomic E-state index is 12.7. The van der Waals surface area contributed by atoms with Crippen molar-refractivity contribution in [2.45, 2.75) is 12.5 Å². The van der Waals surface area contributed by atoms with Crippen LogP contribution < -0.4 is 0 Å². The van der Waals surface area contributed by atoms with Gasteiger partial charge in [0.2, 0.25) is 11.7 Å². The Hall–Kier alpha value is -2.03. The van der Waals surface area contributed by atoms with Gasteiger partial charge >= 0.3 is 0 Å². The van der Waals surface area contributed by atoms with Gasteiger partial charge in [-0.25, -0.2) is 0 Å². The number of carbonyl (C=O) groups excluding carboxylic acids is 1. The van der Waals surface area contributed by atoms with Crippen molar-refractivity contribution in [3.05, 3.63) is 40.0 Å². The molecule has 2 aromatic heterocycles. The maximum Gasteiger partial charge on any atom is 0.227 e. The molecule has 0 aliphatic carbocycles. The smallest absolute Gasteiger partial charge is 0.227 e. The van der Waals surface area contributed by atoms with Crippen molar-refractivity contribution in [3.8, 4) is 0 Å². The number of hydrogen-bond donors (Lipinski definition) is 1. The van der Waals surface area contributed by atoms with Gasteiger partial charge in [0.15, 0.2) is 0 Å². The Morgan fingerprint density at radius 2 is 2.42 bits per heavy atom. The first kappa shape index (κ1) is 15.5. The maximum absolute atomic E-state index is 12.7. The zero-order valence-electron chi connectivity index (χ0n) is 12.6. The van der Waals surface area contributed by atoms with Gasteiger partial charge in [0.25, 0.3) is 0 Å². The van der Waals surface area contributed by atoms with Gasteiger partial charge in [-0.1, -0.05) is 16.8 Å². The molecule has 1 aliphatic heterocycles. The van der Waals surface area contributed by atoms with Crippen molar-refractivity contribution < 1.29 is 9.53 Å². The van der Waals surface area contributed by atoms with Crippen LogP contribution in [0, 0.1) is 0 Å². The molecule has 7 nitrogen and oxygen atoms in total. The lowest BCUT2D eigenvalue weighted by molar-refractivity contribution is -0.138. The number of amides is 1. The zero-order chi connectivity index (χ0) is 16.5. The molecule has 24 heavy (non-hydrogen) atoms. The molecule has 1 aliphatic rings. The molecule has 0 radical (unpaired) electrons. The van der Waals surface area contributed by atoms with Crippen molar-refractivity contribution in [2.24, 2.45) is 0 Å². The Balaban J connectivity index is 1.50. The molecule has 9 heteroatoms. The SMILES string of the molecule is O=C(Cc1csc2ccc(Cl)cc12)N1CCOC(c2nn[nH]n2)C1. The number of thiophene rings is 1. The third-order valence-electron chi connectivity index (χ3n) is 4.03. The van der Waals surface area contributed by atoms with Crippen molar-refractivity contribution in [3.63, 3.8) is 0 Å². The summed E-state index contributed by atoms with van der Waals surface area (Å²) < 4.78 is 6.76. The molecule has 3 heterocycles. The summed E-state index contributed by atoms with van der Waals surface area (Å²) in [5.41, 5.74) is 1.00. The second-order valence-electron chi connectivity index (χ2n) is 5.55. The first-order valence-corrected chi connectivity index (χ1v) is 8.75. The minimum atomic E-state index is -0.338. The number of morpholine rings is 1. The van der Waals surface area contributed by atoms with Gasteiger partial charge in [-0.3, -0.25) is 4.79 Å². The fourth-order valence-corrected chi connectivity index (χ4v) is 3.92. The topological polar surface area (TPSA) is 84.0 Å². The second kappa shape index (κ2) is 6.46. The number of benzene rings is 1. The number of ether oxygens (including phenoxy) is 1. The number of halogens is 1. The summed E-state index contributed by atoms with van der Waals surface area (Å²) >= 11 is 7.70. The molecule has 124 valence electrons. The molecule has 1 saturated heterocycles. The molecule has 1 unspecified atom stereocenters. The summed E-state index contributed by atoms with van der Waals surface area (Å²) in [6.45, 7) is 1.46. The van der Waals surface area contributed by atoms with Crippen LogP contribution in [0.2, 0.25) is 5.02 Å². The Morgan fingerprint density at radius 3 is 3.25 bits per heavy atom. The number of tetrazole rings is 1. The van der Waals surface area contributed by atoms with E-state index in [-0.39, 0.29) is 12.0 Å². The van der Waals surface area contributed by atoms with Gasteiger partial charge in [-0.15, -0.1) is 21.5 Å². The first-order valence-electron chi connectivity index (χ1n) is 7.49. The van der Waals surface area contributed by atoms with Crippen LogP contribution in [-0.4, -0.2) is 51.1 Å². The van der Waals surface area contributed by atoms with Crippen LogP contribution in [0.15, 0.2) is 23.6 Å². The first-order chi connectivity index (χ1) is 11.7. The summed E-state index contributed by atoms with van der Waals surface area (Å²) in [5, 5.41) is 17.6. The van der Waals surface area contributed by atoms with Crippen LogP contribution in [0.5, 0.6) is 0 Å². The monoisotopic (exact) mass is 363 g/mol. The van der Waals surface area contributed by atoms with Crippen molar-refractivity contribution in [1.29, 1.82) is 0 Å². The molecule has 1 fully saturated rings. The molecular formula is C15H14ClN5O2S. The lowest BCUT2D eigenvalue weighted by Crippen LogP contribution is -2.43. The summed E-state index contributed by atoms with van der Waals surface area (Å²) in [5.74, 6) is 0.534. The third-order valence-corrected chi connectivity index (χ3v) is 5.27. The second-order valence-corrected chi connectivity index (χ2v) is 6.90. The highest BCUT2D eigenvalue weighted by Crippen LogP contribution is 2.29. The van der Waals surface area contributed by atoms with Crippen LogP contribution in [0.4, 0.5) is 0 Å². The molecule has 4 rings (SSSR count). The summed E-state index contributed by atoms with van der Waals surface area (Å²) in [6, 6.07) is 5.76. The standard InChI is InChI=1S/C15H14ClN5O2S/c16-10-1-2-13-11(6-10)9(8-24-13)5-14(22)21-3-4-23-12(7-21)15-17-19-20-18-15/h1-2,6,8,12H,3-5,7H2,(H,17,18,19,20). The van der Waals surface area contributed by atoms with Crippen LogP contribution in [0.25, 0.3) is 10.1 Å². The van der Waals surface area contributed by atoms with E-state index in [0.29, 0.717) is 37.0 Å². The number of fused-ring (bicyclic) bond motifs is 1. The number of H-pyrrole nitrogens is 1. The van der Waals surface area contributed by atoms with E-state index in [1.165, 1.54) is 0 Å². The summed E-state index contributed by atoms with van der Waals surface area (Å²) in [6.07, 6.45) is 0.00868. The lowest BCUT2D eigenvalue weighted by atomic mass is 10.1. The third kappa shape index (κ3) is 3.00. The number of nitrogens with one attached hydrogen (secondary N) is 1. The lowest BCUT2D eigenvalue weighted by Gasteiger charge is -2.31. The highest BCUT2D eigenvalue weighted by molar-refractivity contribution is 7.17. The highest BCUT2D eigenvalue weighted by atomic mass is 35.5. The van der Waals surface area contributed by atoms with Gasteiger partial charge in [-0.2, -0.15) is 5.21 Å². The Morgan fingerprint density at radius 1 is 1.50 bits per heavy atom. The summed E-state index contributed by atoms with van der Waals surface area (Å²) in [4.78, 5) is 14.5. The molecule has 3 aromatic rings. The number of rotatable bonds is 3. The van der Waals surface area contributed by atoms with Gasteiger partial charge in [0.1, 0.15) is 6.10 Å². The van der Waals surface area contributed by atoms with Crippen molar-refractivity contribution in [2.75, 3.05) is 19.7 Å². The summed E-state index contributed by atoms with van der Waals surface area (Å²) in [7, 11) is 0. The molecular weight excluding hydrogens is 350 g/mol. The predicted molar refractivity (Wildman–Crippen MR) is 90.0 cm³/mol. The van der Waals surface area contributed by atoms with E-state index < -0.39 is 0 Å². The van der Waals surface area contributed by atoms with Crippen LogP contribution >= 0.6 is 22.9 Å². The molecule has 1 N–H and O–H groups in total. The van der Waals surface area contributed by atoms with Crippen LogP contribution in [-0.2, 0) is 16.0 Å². The minimum absolute atomic E-state index is 0.0615. The van der Waals surface area contributed by atoms with E-state index in [1.807, 2.05) is 23.6 Å². The predicted octanol–water partition coefficient (Wildman–Crippen LogP) is 2.21. The van der Waals surface area contributed by atoms with Gasteiger partial charge in [-0.05, 0) is 34.5 Å². The Bertz CT molecular complexity index is 866. The molecule has 0 spiro atoms. The van der Waals surface area contributed by atoms with Crippen molar-refractivity contribution in [1.82, 2.24) is 25.5 Å². The molecule has 1 amide bonds. The number of hydrogen-bond acceptors (Lipinski definition) is 6. The minimum Gasteiger partial charge on any atom is -0.366 e. The normalized spacial score (nSPS) is 18.2. The number of carbonyl (C=O) groups is 1. The van der Waals surface area contributed by atoms with Gasteiger partial charge in [0, 0.05) is 16.3 Å². The fourth-order valence-electron chi connectivity index (χ4n) is 2.80. The van der Waals surface area contributed by atoms with Gasteiger partial charge < -0.3 is 9.64 Å². The molecule has 1 aromatic carbocycles. The van der Waals surface area contributed by atoms with E-state index in [1.54, 1.807) is 16.2 Å². The fraction of sp³-hybridized carbons (Fsp3) is 0.333. The van der Waals surface area contributed by atoms with E-state index in [9.17, 15) is 4.79 Å². The number of aromatic nitrogens is 4. The van der Waals surface area contributed by atoms with E-state index in [2.05, 4.69) is 20.6 Å². The van der Waals surface area contributed by atoms with E-state index in [4.69, 9.17) is 16.3 Å². The highest BCUT2D eigenvalue weighted by Gasteiger charge is 2.28. The Labute approximate surface area is 146 Å². The van der Waals surface area contributed by atoms with Crippen LogP contribution in [0.1, 0.15) is 17.5 Å². The Kier molecular flexibility index (Phi) is 4.17. The zero-order valence-corrected chi connectivity index (χ0v) is 14.2. The average Bonchev–Trinajstić information content (AvgIpc) is 3.25.